The van der Waals surface area contributed by atoms with Crippen LogP contribution in [0.15, 0.2) is 36.9 Å². The number of nitrogens with zero attached hydrogens (tertiary/aromatic N) is 3. The molecule has 3 rings (SSSR count). The maximum Gasteiger partial charge on any atom is 0.241 e. The first-order valence-corrected chi connectivity index (χ1v) is 7.33. The van der Waals surface area contributed by atoms with Crippen LogP contribution in [0.3, 0.4) is 0 Å². The summed E-state index contributed by atoms with van der Waals surface area (Å²) in [7, 11) is 0. The fourth-order valence-corrected chi connectivity index (χ4v) is 2.58. The number of hydrogen-bond donors (Lipinski definition) is 2. The van der Waals surface area contributed by atoms with Gasteiger partial charge in [-0.15, -0.1) is 0 Å². The highest BCUT2D eigenvalue weighted by Gasteiger charge is 2.20. The summed E-state index contributed by atoms with van der Waals surface area (Å²) in [6, 6.07) is 7.49. The molecule has 0 radical (unpaired) electrons. The van der Waals surface area contributed by atoms with Crippen LogP contribution in [-0.4, -0.2) is 33.3 Å². The molecular formula is C15H19N5O. The first-order chi connectivity index (χ1) is 10.3. The molecule has 0 saturated carbocycles. The van der Waals surface area contributed by atoms with Crippen LogP contribution in [0.2, 0.25) is 0 Å². The fraction of sp³-hybridized carbons (Fsp3) is 0.400. The molecule has 0 aliphatic carbocycles. The van der Waals surface area contributed by atoms with Crippen molar-refractivity contribution in [1.82, 2.24) is 20.1 Å². The van der Waals surface area contributed by atoms with Gasteiger partial charge in [-0.25, -0.2) is 9.67 Å². The highest BCUT2D eigenvalue weighted by atomic mass is 16.2. The lowest BCUT2D eigenvalue weighted by Crippen LogP contribution is -2.40. The summed E-state index contributed by atoms with van der Waals surface area (Å²) >= 11 is 0. The van der Waals surface area contributed by atoms with Gasteiger partial charge < -0.3 is 10.6 Å². The minimum atomic E-state index is -0.115. The molecule has 6 heteroatoms. The number of amides is 1. The van der Waals surface area contributed by atoms with Crippen molar-refractivity contribution in [3.63, 3.8) is 0 Å². The lowest BCUT2D eigenvalue weighted by Gasteiger charge is -2.17. The maximum absolute atomic E-state index is 12.4. The third kappa shape index (κ3) is 3.28. The molecule has 1 aromatic carbocycles. The van der Waals surface area contributed by atoms with E-state index in [2.05, 4.69) is 20.7 Å². The second kappa shape index (κ2) is 6.49. The first-order valence-electron chi connectivity index (χ1n) is 7.33. The molecule has 2 aromatic rings. The second-order valence-electron chi connectivity index (χ2n) is 5.20. The van der Waals surface area contributed by atoms with Gasteiger partial charge in [-0.3, -0.25) is 4.79 Å². The smallest absolute Gasteiger partial charge is 0.241 e. The van der Waals surface area contributed by atoms with E-state index in [1.54, 1.807) is 11.0 Å². The van der Waals surface area contributed by atoms with Gasteiger partial charge in [-0.2, -0.15) is 5.10 Å². The van der Waals surface area contributed by atoms with Gasteiger partial charge in [0.2, 0.25) is 5.91 Å². The van der Waals surface area contributed by atoms with Gasteiger partial charge in [0, 0.05) is 0 Å². The molecule has 1 saturated heterocycles. The Labute approximate surface area is 123 Å². The van der Waals surface area contributed by atoms with Gasteiger partial charge in [0.25, 0.3) is 0 Å². The third-order valence-corrected chi connectivity index (χ3v) is 3.70. The molecule has 1 fully saturated rings. The Hall–Kier alpha value is -2.21. The lowest BCUT2D eigenvalue weighted by molar-refractivity contribution is -0.118. The Morgan fingerprint density at radius 3 is 3.05 bits per heavy atom. The number of benzene rings is 1. The average Bonchev–Trinajstić information content (AvgIpc) is 2.89. The number of anilines is 1. The monoisotopic (exact) mass is 285 g/mol. The van der Waals surface area contributed by atoms with E-state index in [9.17, 15) is 4.79 Å². The van der Waals surface area contributed by atoms with Crippen LogP contribution in [0.1, 0.15) is 25.7 Å². The number of carbonyl (C=O) groups excluding carboxylic acids is 1. The zero-order valence-electron chi connectivity index (χ0n) is 11.8. The molecule has 0 bridgehead atoms. The highest BCUT2D eigenvalue weighted by molar-refractivity contribution is 5.96. The summed E-state index contributed by atoms with van der Waals surface area (Å²) < 4.78 is 1.65. The van der Waals surface area contributed by atoms with E-state index in [1.807, 2.05) is 24.3 Å². The minimum absolute atomic E-state index is 0.0180. The molecule has 0 spiro atoms. The van der Waals surface area contributed by atoms with Crippen LogP contribution in [0.25, 0.3) is 5.69 Å². The summed E-state index contributed by atoms with van der Waals surface area (Å²) in [6.45, 7) is 0.906. The van der Waals surface area contributed by atoms with E-state index in [1.165, 1.54) is 12.7 Å². The summed E-state index contributed by atoms with van der Waals surface area (Å²) in [5.74, 6) is 0.0180. The molecule has 1 unspecified atom stereocenters. The van der Waals surface area contributed by atoms with Gasteiger partial charge in [0.15, 0.2) is 0 Å². The van der Waals surface area contributed by atoms with E-state index >= 15 is 0 Å². The van der Waals surface area contributed by atoms with Crippen molar-refractivity contribution in [2.75, 3.05) is 11.9 Å². The molecule has 2 heterocycles. The second-order valence-corrected chi connectivity index (χ2v) is 5.20. The van der Waals surface area contributed by atoms with Gasteiger partial charge in [0.1, 0.15) is 12.7 Å². The van der Waals surface area contributed by atoms with Crippen molar-refractivity contribution >= 4 is 11.6 Å². The number of carbonyl (C=O) groups is 1. The molecule has 6 nitrogen and oxygen atoms in total. The van der Waals surface area contributed by atoms with E-state index in [-0.39, 0.29) is 11.9 Å². The number of para-hydroxylation sites is 2. The quantitative estimate of drug-likeness (QED) is 0.901. The predicted octanol–water partition coefficient (Wildman–Crippen LogP) is 1.74. The molecule has 21 heavy (non-hydrogen) atoms. The van der Waals surface area contributed by atoms with Crippen molar-refractivity contribution < 1.29 is 4.79 Å². The fourth-order valence-electron chi connectivity index (χ4n) is 2.58. The summed E-state index contributed by atoms with van der Waals surface area (Å²) in [5.41, 5.74) is 1.57. The molecule has 1 aromatic heterocycles. The summed E-state index contributed by atoms with van der Waals surface area (Å²) in [6.07, 6.45) is 7.40. The Bertz CT molecular complexity index is 588. The highest BCUT2D eigenvalue weighted by Crippen LogP contribution is 2.19. The third-order valence-electron chi connectivity index (χ3n) is 3.70. The topological polar surface area (TPSA) is 71.8 Å². The summed E-state index contributed by atoms with van der Waals surface area (Å²) in [5, 5.41) is 10.4. The van der Waals surface area contributed by atoms with Crippen molar-refractivity contribution in [2.24, 2.45) is 0 Å². The van der Waals surface area contributed by atoms with Gasteiger partial charge in [0.05, 0.1) is 17.4 Å². The van der Waals surface area contributed by atoms with Crippen LogP contribution in [0.4, 0.5) is 5.69 Å². The van der Waals surface area contributed by atoms with Crippen LogP contribution < -0.4 is 10.6 Å². The Morgan fingerprint density at radius 2 is 2.19 bits per heavy atom. The SMILES string of the molecule is O=C(Nc1ccccc1-n1cncn1)C1CCCCCN1. The van der Waals surface area contributed by atoms with Gasteiger partial charge in [-0.1, -0.05) is 25.0 Å². The number of aromatic nitrogens is 3. The molecule has 1 aliphatic rings. The van der Waals surface area contributed by atoms with Crippen LogP contribution in [0.5, 0.6) is 0 Å². The molecule has 110 valence electrons. The number of hydrogen-bond acceptors (Lipinski definition) is 4. The molecule has 1 atom stereocenters. The predicted molar refractivity (Wildman–Crippen MR) is 80.2 cm³/mol. The Morgan fingerprint density at radius 1 is 1.29 bits per heavy atom. The van der Waals surface area contributed by atoms with Crippen LogP contribution in [-0.2, 0) is 4.79 Å². The summed E-state index contributed by atoms with van der Waals surface area (Å²) in [4.78, 5) is 16.4. The average molecular weight is 285 g/mol. The normalized spacial score (nSPS) is 19.0. The molecule has 1 aliphatic heterocycles. The standard InChI is InChI=1S/C15H19N5O/c21-15(13-7-2-1-5-9-17-13)19-12-6-3-4-8-14(12)20-11-16-10-18-20/h3-4,6,8,10-11,13,17H,1-2,5,7,9H2,(H,19,21). The lowest BCUT2D eigenvalue weighted by atomic mass is 10.1. The van der Waals surface area contributed by atoms with Crippen molar-refractivity contribution in [3.05, 3.63) is 36.9 Å². The zero-order valence-corrected chi connectivity index (χ0v) is 11.8. The molecule has 1 amide bonds. The van der Waals surface area contributed by atoms with Gasteiger partial charge in [-0.05, 0) is 31.5 Å². The molecule has 2 N–H and O–H groups in total. The van der Waals surface area contributed by atoms with Crippen molar-refractivity contribution in [2.45, 2.75) is 31.7 Å². The van der Waals surface area contributed by atoms with E-state index in [0.29, 0.717) is 0 Å². The van der Waals surface area contributed by atoms with Crippen LogP contribution >= 0.6 is 0 Å². The van der Waals surface area contributed by atoms with E-state index in [4.69, 9.17) is 0 Å². The van der Waals surface area contributed by atoms with Crippen molar-refractivity contribution in [3.8, 4) is 5.69 Å². The first kappa shape index (κ1) is 13.8. The van der Waals surface area contributed by atoms with E-state index < -0.39 is 0 Å². The Balaban J connectivity index is 1.77. The molecular weight excluding hydrogens is 266 g/mol. The minimum Gasteiger partial charge on any atom is -0.323 e. The maximum atomic E-state index is 12.4. The van der Waals surface area contributed by atoms with Crippen LogP contribution in [0, 0.1) is 0 Å². The van der Waals surface area contributed by atoms with E-state index in [0.717, 1.165) is 37.2 Å². The largest absolute Gasteiger partial charge is 0.323 e. The number of nitrogens with one attached hydrogen (secondary N) is 2. The van der Waals surface area contributed by atoms with Crippen molar-refractivity contribution in [1.29, 1.82) is 0 Å². The zero-order chi connectivity index (χ0) is 14.5. The Kier molecular flexibility index (Phi) is 4.25. The number of rotatable bonds is 3. The van der Waals surface area contributed by atoms with Gasteiger partial charge >= 0.3 is 0 Å².